The first-order valence-electron chi connectivity index (χ1n) is 7.39. The van der Waals surface area contributed by atoms with Crippen molar-refractivity contribution in [3.8, 4) is 0 Å². The number of rotatable bonds is 5. The van der Waals surface area contributed by atoms with Crippen molar-refractivity contribution in [3.05, 3.63) is 35.1 Å². The molecule has 2 nitrogen and oxygen atoms in total. The van der Waals surface area contributed by atoms with Crippen LogP contribution in [0.3, 0.4) is 0 Å². The second-order valence-electron chi connectivity index (χ2n) is 5.66. The van der Waals surface area contributed by atoms with Gasteiger partial charge in [0.1, 0.15) is 5.82 Å². The molecule has 0 saturated carbocycles. The molecule has 0 amide bonds. The van der Waals surface area contributed by atoms with Gasteiger partial charge in [-0.15, -0.1) is 0 Å². The van der Waals surface area contributed by atoms with Gasteiger partial charge in [-0.25, -0.2) is 4.39 Å². The van der Waals surface area contributed by atoms with Crippen LogP contribution in [0, 0.1) is 11.7 Å². The lowest BCUT2D eigenvalue weighted by atomic mass is 9.98. The van der Waals surface area contributed by atoms with Gasteiger partial charge in [-0.05, 0) is 50.0 Å². The van der Waals surface area contributed by atoms with E-state index in [0.29, 0.717) is 0 Å². The van der Waals surface area contributed by atoms with Crippen LogP contribution in [0.4, 0.5) is 4.39 Å². The number of hydrogen-bond acceptors (Lipinski definition) is 2. The van der Waals surface area contributed by atoms with E-state index >= 15 is 0 Å². The molecule has 1 aliphatic heterocycles. The number of hydrogen-bond donors (Lipinski definition) is 1. The molecule has 1 aromatic rings. The minimum Gasteiger partial charge on any atom is -0.313 e. The lowest BCUT2D eigenvalue weighted by Crippen LogP contribution is -2.32. The van der Waals surface area contributed by atoms with Crippen LogP contribution in [-0.4, -0.2) is 24.5 Å². The number of nitrogens with zero attached hydrogens (tertiary/aromatic N) is 1. The SMILES string of the molecule is CCNCc1ccc(F)c(CN2CCC(C)CC2)c1. The van der Waals surface area contributed by atoms with E-state index in [-0.39, 0.29) is 5.82 Å². The van der Waals surface area contributed by atoms with Crippen molar-refractivity contribution in [1.82, 2.24) is 10.2 Å². The Kier molecular flexibility index (Phi) is 5.34. The fraction of sp³-hybridized carbons (Fsp3) is 0.625. The van der Waals surface area contributed by atoms with Gasteiger partial charge in [0.05, 0.1) is 0 Å². The lowest BCUT2D eigenvalue weighted by Gasteiger charge is -2.30. The molecule has 0 radical (unpaired) electrons. The third-order valence-electron chi connectivity index (χ3n) is 3.96. The molecule has 2 rings (SSSR count). The van der Waals surface area contributed by atoms with Crippen LogP contribution in [0.25, 0.3) is 0 Å². The average molecular weight is 264 g/mol. The summed E-state index contributed by atoms with van der Waals surface area (Å²) in [6.07, 6.45) is 2.47. The molecule has 1 aliphatic rings. The topological polar surface area (TPSA) is 15.3 Å². The quantitative estimate of drug-likeness (QED) is 0.879. The summed E-state index contributed by atoms with van der Waals surface area (Å²) in [4.78, 5) is 2.37. The van der Waals surface area contributed by atoms with Crippen molar-refractivity contribution in [2.24, 2.45) is 5.92 Å². The minimum atomic E-state index is -0.0705. The molecule has 3 heteroatoms. The van der Waals surface area contributed by atoms with Crippen LogP contribution >= 0.6 is 0 Å². The molecule has 0 unspecified atom stereocenters. The number of piperidine rings is 1. The highest BCUT2D eigenvalue weighted by Crippen LogP contribution is 2.20. The predicted molar refractivity (Wildman–Crippen MR) is 77.5 cm³/mol. The van der Waals surface area contributed by atoms with E-state index in [4.69, 9.17) is 0 Å². The summed E-state index contributed by atoms with van der Waals surface area (Å²) < 4.78 is 13.9. The second kappa shape index (κ2) is 7.01. The summed E-state index contributed by atoms with van der Waals surface area (Å²) in [5.74, 6) is 0.750. The summed E-state index contributed by atoms with van der Waals surface area (Å²) in [5.41, 5.74) is 2.01. The largest absolute Gasteiger partial charge is 0.313 e. The van der Waals surface area contributed by atoms with Crippen LogP contribution in [0.15, 0.2) is 18.2 Å². The molecular formula is C16H25FN2. The number of nitrogens with one attached hydrogen (secondary N) is 1. The van der Waals surface area contributed by atoms with Gasteiger partial charge in [0.25, 0.3) is 0 Å². The minimum absolute atomic E-state index is 0.0705. The van der Waals surface area contributed by atoms with Gasteiger partial charge in [0.2, 0.25) is 0 Å². The van der Waals surface area contributed by atoms with Crippen LogP contribution in [0.5, 0.6) is 0 Å². The molecular weight excluding hydrogens is 239 g/mol. The zero-order valence-electron chi connectivity index (χ0n) is 12.1. The Morgan fingerprint density at radius 1 is 1.32 bits per heavy atom. The zero-order valence-corrected chi connectivity index (χ0v) is 12.1. The van der Waals surface area contributed by atoms with Crippen LogP contribution in [0.2, 0.25) is 0 Å². The second-order valence-corrected chi connectivity index (χ2v) is 5.66. The van der Waals surface area contributed by atoms with E-state index in [1.54, 1.807) is 6.07 Å². The predicted octanol–water partition coefficient (Wildman–Crippen LogP) is 3.17. The van der Waals surface area contributed by atoms with E-state index in [2.05, 4.69) is 24.1 Å². The molecule has 0 aliphatic carbocycles. The van der Waals surface area contributed by atoms with Crippen molar-refractivity contribution in [1.29, 1.82) is 0 Å². The Morgan fingerprint density at radius 2 is 2.05 bits per heavy atom. The molecule has 19 heavy (non-hydrogen) atoms. The summed E-state index contributed by atoms with van der Waals surface area (Å²) in [5, 5.41) is 3.28. The maximum Gasteiger partial charge on any atom is 0.127 e. The lowest BCUT2D eigenvalue weighted by molar-refractivity contribution is 0.183. The maximum atomic E-state index is 13.9. The fourth-order valence-electron chi connectivity index (χ4n) is 2.59. The number of benzene rings is 1. The Bertz CT molecular complexity index is 398. The standard InChI is InChI=1S/C16H25FN2/c1-3-18-11-14-4-5-16(17)15(10-14)12-19-8-6-13(2)7-9-19/h4-5,10,13,18H,3,6-9,11-12H2,1-2H3. The highest BCUT2D eigenvalue weighted by atomic mass is 19.1. The average Bonchev–Trinajstić information content (AvgIpc) is 2.42. The first-order chi connectivity index (χ1) is 9.19. The summed E-state index contributed by atoms with van der Waals surface area (Å²) in [7, 11) is 0. The van der Waals surface area contributed by atoms with Gasteiger partial charge in [0.15, 0.2) is 0 Å². The number of likely N-dealkylation sites (tertiary alicyclic amines) is 1. The molecule has 1 N–H and O–H groups in total. The van der Waals surface area contributed by atoms with E-state index in [1.807, 2.05) is 12.1 Å². The van der Waals surface area contributed by atoms with E-state index in [9.17, 15) is 4.39 Å². The number of halogens is 1. The van der Waals surface area contributed by atoms with Crippen LogP contribution in [0.1, 0.15) is 37.8 Å². The Balaban J connectivity index is 1.98. The smallest absolute Gasteiger partial charge is 0.127 e. The van der Waals surface area contributed by atoms with Crippen molar-refractivity contribution in [2.45, 2.75) is 39.8 Å². The Hall–Kier alpha value is -0.930. The Labute approximate surface area is 116 Å². The maximum absolute atomic E-state index is 13.9. The van der Waals surface area contributed by atoms with E-state index < -0.39 is 0 Å². The van der Waals surface area contributed by atoms with Crippen molar-refractivity contribution in [3.63, 3.8) is 0 Å². The third-order valence-corrected chi connectivity index (χ3v) is 3.96. The summed E-state index contributed by atoms with van der Waals surface area (Å²) in [6.45, 7) is 9.08. The molecule has 0 atom stereocenters. The third kappa shape index (κ3) is 4.29. The summed E-state index contributed by atoms with van der Waals surface area (Å²) >= 11 is 0. The zero-order chi connectivity index (χ0) is 13.7. The molecule has 106 valence electrons. The highest BCUT2D eigenvalue weighted by molar-refractivity contribution is 5.25. The van der Waals surface area contributed by atoms with Gasteiger partial charge in [-0.2, -0.15) is 0 Å². The Morgan fingerprint density at radius 3 is 2.74 bits per heavy atom. The van der Waals surface area contributed by atoms with Crippen LogP contribution in [-0.2, 0) is 13.1 Å². The van der Waals surface area contributed by atoms with Gasteiger partial charge in [-0.3, -0.25) is 4.90 Å². The molecule has 1 saturated heterocycles. The molecule has 1 fully saturated rings. The van der Waals surface area contributed by atoms with E-state index in [0.717, 1.165) is 44.2 Å². The van der Waals surface area contributed by atoms with Crippen LogP contribution < -0.4 is 5.32 Å². The highest BCUT2D eigenvalue weighted by Gasteiger charge is 2.17. The summed E-state index contributed by atoms with van der Waals surface area (Å²) in [6, 6.07) is 5.49. The van der Waals surface area contributed by atoms with E-state index in [1.165, 1.54) is 18.4 Å². The monoisotopic (exact) mass is 264 g/mol. The molecule has 1 aromatic carbocycles. The van der Waals surface area contributed by atoms with Gasteiger partial charge in [0, 0.05) is 18.7 Å². The molecule has 0 spiro atoms. The molecule has 1 heterocycles. The molecule has 0 aromatic heterocycles. The normalized spacial score (nSPS) is 17.8. The van der Waals surface area contributed by atoms with Gasteiger partial charge < -0.3 is 5.32 Å². The first kappa shape index (κ1) is 14.5. The molecule has 0 bridgehead atoms. The first-order valence-corrected chi connectivity index (χ1v) is 7.39. The van der Waals surface area contributed by atoms with Crippen molar-refractivity contribution >= 4 is 0 Å². The van der Waals surface area contributed by atoms with Crippen molar-refractivity contribution in [2.75, 3.05) is 19.6 Å². The fourth-order valence-corrected chi connectivity index (χ4v) is 2.59. The van der Waals surface area contributed by atoms with Gasteiger partial charge >= 0.3 is 0 Å². The van der Waals surface area contributed by atoms with Crippen molar-refractivity contribution < 1.29 is 4.39 Å². The van der Waals surface area contributed by atoms with Gasteiger partial charge in [-0.1, -0.05) is 26.0 Å².